The summed E-state index contributed by atoms with van der Waals surface area (Å²) >= 11 is 1.53. The van der Waals surface area contributed by atoms with Crippen molar-refractivity contribution < 1.29 is 14.0 Å². The standard InChI is InChI=1S/C22H27FN2O2S/c1-4-24-22(27)17(3)25(13-18-9-11-20(23)12-10-18)21(26)15-28-14-19-8-6-5-7-16(19)2/h5-12,17H,4,13-15H2,1-3H3,(H,24,27)/t17-/m1/s1. The lowest BCUT2D eigenvalue weighted by Gasteiger charge is -2.28. The van der Waals surface area contributed by atoms with Crippen LogP contribution in [0.3, 0.4) is 0 Å². The van der Waals surface area contributed by atoms with Crippen LogP contribution in [-0.4, -0.2) is 35.1 Å². The number of halogens is 1. The molecule has 0 spiro atoms. The van der Waals surface area contributed by atoms with Gasteiger partial charge in [0.2, 0.25) is 11.8 Å². The van der Waals surface area contributed by atoms with Crippen molar-refractivity contribution in [2.24, 2.45) is 0 Å². The monoisotopic (exact) mass is 402 g/mol. The Hall–Kier alpha value is -2.34. The number of carbonyl (C=O) groups excluding carboxylic acids is 2. The SMILES string of the molecule is CCNC(=O)[C@@H](C)N(Cc1ccc(F)cc1)C(=O)CSCc1ccccc1C. The number of hydrogen-bond donors (Lipinski definition) is 1. The van der Waals surface area contributed by atoms with Crippen molar-refractivity contribution in [3.63, 3.8) is 0 Å². The average molecular weight is 403 g/mol. The predicted octanol–water partition coefficient (Wildman–Crippen LogP) is 3.92. The lowest BCUT2D eigenvalue weighted by atomic mass is 10.1. The van der Waals surface area contributed by atoms with Crippen LogP contribution >= 0.6 is 11.8 Å². The first kappa shape index (κ1) is 22.0. The van der Waals surface area contributed by atoms with Gasteiger partial charge in [-0.2, -0.15) is 0 Å². The van der Waals surface area contributed by atoms with E-state index in [4.69, 9.17) is 0 Å². The molecule has 2 aromatic carbocycles. The summed E-state index contributed by atoms with van der Waals surface area (Å²) in [4.78, 5) is 26.8. The van der Waals surface area contributed by atoms with E-state index in [1.165, 1.54) is 35.0 Å². The first-order valence-electron chi connectivity index (χ1n) is 9.36. The number of hydrogen-bond acceptors (Lipinski definition) is 3. The zero-order chi connectivity index (χ0) is 20.5. The molecule has 0 heterocycles. The van der Waals surface area contributed by atoms with E-state index in [1.807, 2.05) is 19.1 Å². The molecule has 0 saturated heterocycles. The van der Waals surface area contributed by atoms with Crippen molar-refractivity contribution in [1.29, 1.82) is 0 Å². The van der Waals surface area contributed by atoms with E-state index in [0.29, 0.717) is 6.54 Å². The van der Waals surface area contributed by atoms with E-state index >= 15 is 0 Å². The Labute approximate surface area is 170 Å². The Morgan fingerprint density at radius 3 is 2.46 bits per heavy atom. The van der Waals surface area contributed by atoms with Crippen LogP contribution < -0.4 is 5.32 Å². The van der Waals surface area contributed by atoms with Gasteiger partial charge in [0.1, 0.15) is 11.9 Å². The molecule has 0 fully saturated rings. The van der Waals surface area contributed by atoms with E-state index in [0.717, 1.165) is 11.3 Å². The second-order valence-electron chi connectivity index (χ2n) is 6.64. The van der Waals surface area contributed by atoms with Crippen molar-refractivity contribution >= 4 is 23.6 Å². The molecule has 0 aromatic heterocycles. The van der Waals surface area contributed by atoms with Gasteiger partial charge >= 0.3 is 0 Å². The number of carbonyl (C=O) groups is 2. The van der Waals surface area contributed by atoms with Gasteiger partial charge in [-0.1, -0.05) is 36.4 Å². The highest BCUT2D eigenvalue weighted by Crippen LogP contribution is 2.18. The first-order valence-corrected chi connectivity index (χ1v) is 10.5. The summed E-state index contributed by atoms with van der Waals surface area (Å²) in [6.45, 7) is 6.38. The second kappa shape index (κ2) is 10.9. The van der Waals surface area contributed by atoms with Gasteiger partial charge in [-0.05, 0) is 49.6 Å². The van der Waals surface area contributed by atoms with Crippen molar-refractivity contribution in [3.05, 3.63) is 71.0 Å². The van der Waals surface area contributed by atoms with Gasteiger partial charge in [-0.3, -0.25) is 9.59 Å². The third-order valence-corrected chi connectivity index (χ3v) is 5.50. The molecule has 0 aliphatic carbocycles. The topological polar surface area (TPSA) is 49.4 Å². The number of rotatable bonds is 9. The van der Waals surface area contributed by atoms with Crippen molar-refractivity contribution in [3.8, 4) is 0 Å². The average Bonchev–Trinajstić information content (AvgIpc) is 2.68. The van der Waals surface area contributed by atoms with Gasteiger partial charge in [-0.25, -0.2) is 4.39 Å². The van der Waals surface area contributed by atoms with E-state index in [9.17, 15) is 14.0 Å². The Morgan fingerprint density at radius 2 is 1.82 bits per heavy atom. The summed E-state index contributed by atoms with van der Waals surface area (Å²) in [6.07, 6.45) is 0. The molecule has 0 radical (unpaired) electrons. The molecular weight excluding hydrogens is 375 g/mol. The molecule has 0 aliphatic rings. The van der Waals surface area contributed by atoms with Crippen molar-refractivity contribution in [1.82, 2.24) is 10.2 Å². The highest BCUT2D eigenvalue weighted by atomic mass is 32.2. The largest absolute Gasteiger partial charge is 0.355 e. The summed E-state index contributed by atoms with van der Waals surface area (Å²) in [5, 5.41) is 2.77. The van der Waals surface area contributed by atoms with Crippen LogP contribution in [0, 0.1) is 12.7 Å². The fraction of sp³-hybridized carbons (Fsp3) is 0.364. The van der Waals surface area contributed by atoms with Crippen LogP contribution in [0.15, 0.2) is 48.5 Å². The maximum absolute atomic E-state index is 13.2. The zero-order valence-corrected chi connectivity index (χ0v) is 17.4. The Bertz CT molecular complexity index is 795. The Balaban J connectivity index is 2.05. The van der Waals surface area contributed by atoms with Crippen LogP contribution in [-0.2, 0) is 21.9 Å². The zero-order valence-electron chi connectivity index (χ0n) is 16.6. The first-order chi connectivity index (χ1) is 13.4. The highest BCUT2D eigenvalue weighted by molar-refractivity contribution is 7.99. The maximum Gasteiger partial charge on any atom is 0.242 e. The minimum atomic E-state index is -0.600. The molecule has 150 valence electrons. The summed E-state index contributed by atoms with van der Waals surface area (Å²) in [7, 11) is 0. The summed E-state index contributed by atoms with van der Waals surface area (Å²) in [6, 6.07) is 13.5. The van der Waals surface area contributed by atoms with Gasteiger partial charge in [0, 0.05) is 18.8 Å². The van der Waals surface area contributed by atoms with Crippen molar-refractivity contribution in [2.45, 2.75) is 39.1 Å². The minimum absolute atomic E-state index is 0.110. The molecule has 28 heavy (non-hydrogen) atoms. The fourth-order valence-corrected chi connectivity index (χ4v) is 3.78. The number of amides is 2. The Kier molecular flexibility index (Phi) is 8.51. The number of likely N-dealkylation sites (N-methyl/N-ethyl adjacent to an activating group) is 1. The lowest BCUT2D eigenvalue weighted by Crippen LogP contribution is -2.48. The minimum Gasteiger partial charge on any atom is -0.355 e. The lowest BCUT2D eigenvalue weighted by molar-refractivity contribution is -0.138. The van der Waals surface area contributed by atoms with E-state index in [1.54, 1.807) is 24.0 Å². The molecule has 2 aromatic rings. The quantitative estimate of drug-likeness (QED) is 0.692. The smallest absolute Gasteiger partial charge is 0.242 e. The van der Waals surface area contributed by atoms with Crippen LogP contribution in [0.4, 0.5) is 4.39 Å². The molecule has 2 rings (SSSR count). The molecule has 1 N–H and O–H groups in total. The summed E-state index contributed by atoms with van der Waals surface area (Å²) in [5.74, 6) is 0.383. The molecule has 0 saturated carbocycles. The van der Waals surface area contributed by atoms with Gasteiger partial charge in [0.05, 0.1) is 5.75 Å². The Morgan fingerprint density at radius 1 is 1.14 bits per heavy atom. The predicted molar refractivity (Wildman–Crippen MR) is 112 cm³/mol. The van der Waals surface area contributed by atoms with Crippen LogP contribution in [0.5, 0.6) is 0 Å². The van der Waals surface area contributed by atoms with Crippen LogP contribution in [0.25, 0.3) is 0 Å². The van der Waals surface area contributed by atoms with Gasteiger partial charge in [-0.15, -0.1) is 11.8 Å². The highest BCUT2D eigenvalue weighted by Gasteiger charge is 2.25. The number of benzene rings is 2. The number of aryl methyl sites for hydroxylation is 1. The van der Waals surface area contributed by atoms with E-state index < -0.39 is 6.04 Å². The molecule has 6 heteroatoms. The maximum atomic E-state index is 13.2. The van der Waals surface area contributed by atoms with E-state index in [-0.39, 0.29) is 29.9 Å². The number of nitrogens with one attached hydrogen (secondary N) is 1. The van der Waals surface area contributed by atoms with Crippen molar-refractivity contribution in [2.75, 3.05) is 12.3 Å². The summed E-state index contributed by atoms with van der Waals surface area (Å²) < 4.78 is 13.2. The molecular formula is C22H27FN2O2S. The third-order valence-electron chi connectivity index (χ3n) is 4.53. The van der Waals surface area contributed by atoms with Gasteiger partial charge in [0.25, 0.3) is 0 Å². The third kappa shape index (κ3) is 6.37. The molecule has 0 unspecified atom stereocenters. The molecule has 2 amide bonds. The molecule has 0 aliphatic heterocycles. The number of nitrogens with zero attached hydrogens (tertiary/aromatic N) is 1. The molecule has 1 atom stereocenters. The summed E-state index contributed by atoms with van der Waals surface area (Å²) in [5.41, 5.74) is 3.18. The molecule has 0 bridgehead atoms. The van der Waals surface area contributed by atoms with Gasteiger partial charge < -0.3 is 10.2 Å². The fourth-order valence-electron chi connectivity index (χ4n) is 2.79. The van der Waals surface area contributed by atoms with Gasteiger partial charge in [0.15, 0.2) is 0 Å². The van der Waals surface area contributed by atoms with Crippen LogP contribution in [0.2, 0.25) is 0 Å². The number of thioether (sulfide) groups is 1. The second-order valence-corrected chi connectivity index (χ2v) is 7.62. The molecule has 4 nitrogen and oxygen atoms in total. The van der Waals surface area contributed by atoms with E-state index in [2.05, 4.69) is 24.4 Å². The normalized spacial score (nSPS) is 11.7. The van der Waals surface area contributed by atoms with Crippen LogP contribution in [0.1, 0.15) is 30.5 Å².